The lowest BCUT2D eigenvalue weighted by Gasteiger charge is -2.11. The second kappa shape index (κ2) is 10.3. The molecule has 4 rings (SSSR count). The van der Waals surface area contributed by atoms with Crippen molar-refractivity contribution in [3.05, 3.63) is 95.3 Å². The molecule has 0 aliphatic carbocycles. The Labute approximate surface area is 201 Å². The van der Waals surface area contributed by atoms with E-state index in [0.29, 0.717) is 21.4 Å². The van der Waals surface area contributed by atoms with E-state index in [4.69, 9.17) is 0 Å². The molecule has 0 atom stereocenters. The molecule has 2 N–H and O–H groups in total. The fraction of sp³-hybridized carbons (Fsp3) is 0.115. The van der Waals surface area contributed by atoms with Crippen LogP contribution in [0.3, 0.4) is 0 Å². The Bertz CT molecular complexity index is 1300. The number of carbonyl (C=O) groups is 1. The molecule has 6 nitrogen and oxygen atoms in total. The summed E-state index contributed by atoms with van der Waals surface area (Å²) in [6.07, 6.45) is 1.71. The van der Waals surface area contributed by atoms with Crippen molar-refractivity contribution in [3.8, 4) is 11.3 Å². The van der Waals surface area contributed by atoms with Gasteiger partial charge in [0.25, 0.3) is 5.91 Å². The van der Waals surface area contributed by atoms with Crippen LogP contribution in [0.1, 0.15) is 21.5 Å². The standard InChI is InChI=1S/C26H24FN5OS/c1-17-4-8-19(9-5-17)23-25(30-24(33)20-10-12-21(27)13-11-20)34-26(29-23)31-28-16-18-6-14-22(15-7-18)32(2)3/h4-16H,1-3H3,(H,29,31)(H,30,33)/b28-16+. The predicted molar refractivity (Wildman–Crippen MR) is 139 cm³/mol. The number of rotatable bonds is 7. The number of nitrogens with zero attached hydrogens (tertiary/aromatic N) is 3. The quantitative estimate of drug-likeness (QED) is 0.254. The summed E-state index contributed by atoms with van der Waals surface area (Å²) in [6, 6.07) is 21.3. The molecule has 1 heterocycles. The molecule has 1 aromatic heterocycles. The maximum atomic E-state index is 13.2. The number of anilines is 3. The lowest BCUT2D eigenvalue weighted by atomic mass is 10.1. The summed E-state index contributed by atoms with van der Waals surface area (Å²) in [7, 11) is 3.98. The van der Waals surface area contributed by atoms with E-state index in [0.717, 1.165) is 22.4 Å². The third-order valence-corrected chi connectivity index (χ3v) is 5.94. The molecular weight excluding hydrogens is 449 g/mol. The molecule has 4 aromatic rings. The van der Waals surface area contributed by atoms with Gasteiger partial charge in [0, 0.05) is 30.9 Å². The third kappa shape index (κ3) is 5.65. The van der Waals surface area contributed by atoms with Crippen LogP contribution in [0, 0.1) is 12.7 Å². The van der Waals surface area contributed by atoms with Crippen LogP contribution in [0.2, 0.25) is 0 Å². The first-order valence-corrected chi connectivity index (χ1v) is 11.4. The first-order chi connectivity index (χ1) is 16.4. The summed E-state index contributed by atoms with van der Waals surface area (Å²) < 4.78 is 13.2. The van der Waals surface area contributed by atoms with Gasteiger partial charge >= 0.3 is 0 Å². The largest absolute Gasteiger partial charge is 0.378 e. The molecule has 172 valence electrons. The van der Waals surface area contributed by atoms with E-state index < -0.39 is 5.82 Å². The van der Waals surface area contributed by atoms with Gasteiger partial charge in [-0.3, -0.25) is 10.2 Å². The van der Waals surface area contributed by atoms with E-state index >= 15 is 0 Å². The van der Waals surface area contributed by atoms with Gasteiger partial charge in [-0.05, 0) is 48.9 Å². The first kappa shape index (κ1) is 23.1. The summed E-state index contributed by atoms with van der Waals surface area (Å²) in [4.78, 5) is 19.4. The van der Waals surface area contributed by atoms with Crippen molar-refractivity contribution < 1.29 is 9.18 Å². The number of nitrogens with one attached hydrogen (secondary N) is 2. The second-order valence-electron chi connectivity index (χ2n) is 7.88. The summed E-state index contributed by atoms with van der Waals surface area (Å²) in [5.41, 5.74) is 7.99. The topological polar surface area (TPSA) is 69.6 Å². The highest BCUT2D eigenvalue weighted by molar-refractivity contribution is 7.20. The highest BCUT2D eigenvalue weighted by Crippen LogP contribution is 2.36. The Morgan fingerprint density at radius 1 is 1.00 bits per heavy atom. The van der Waals surface area contributed by atoms with Crippen LogP contribution < -0.4 is 15.6 Å². The molecule has 0 saturated carbocycles. The normalized spacial score (nSPS) is 10.9. The molecular formula is C26H24FN5OS. The van der Waals surface area contributed by atoms with Crippen LogP contribution in [0.15, 0.2) is 77.9 Å². The van der Waals surface area contributed by atoms with Gasteiger partial charge in [-0.15, -0.1) is 0 Å². The van der Waals surface area contributed by atoms with Gasteiger partial charge in [0.15, 0.2) is 0 Å². The number of carbonyl (C=O) groups excluding carboxylic acids is 1. The van der Waals surface area contributed by atoms with Gasteiger partial charge in [-0.2, -0.15) is 5.10 Å². The van der Waals surface area contributed by atoms with Crippen molar-refractivity contribution in [3.63, 3.8) is 0 Å². The molecule has 0 unspecified atom stereocenters. The highest BCUT2D eigenvalue weighted by Gasteiger charge is 2.16. The minimum atomic E-state index is -0.393. The molecule has 0 bridgehead atoms. The molecule has 34 heavy (non-hydrogen) atoms. The van der Waals surface area contributed by atoms with E-state index in [1.54, 1.807) is 6.21 Å². The maximum Gasteiger partial charge on any atom is 0.256 e. The molecule has 0 saturated heterocycles. The maximum absolute atomic E-state index is 13.2. The number of hydrazone groups is 1. The van der Waals surface area contributed by atoms with E-state index in [9.17, 15) is 9.18 Å². The van der Waals surface area contributed by atoms with Gasteiger partial charge < -0.3 is 10.2 Å². The van der Waals surface area contributed by atoms with Gasteiger partial charge in [-0.25, -0.2) is 9.37 Å². The number of halogens is 1. The summed E-state index contributed by atoms with van der Waals surface area (Å²) in [6.45, 7) is 2.01. The van der Waals surface area contributed by atoms with Crippen LogP contribution in [-0.4, -0.2) is 31.2 Å². The number of aryl methyl sites for hydroxylation is 1. The zero-order valence-electron chi connectivity index (χ0n) is 19.0. The van der Waals surface area contributed by atoms with E-state index in [2.05, 4.69) is 20.8 Å². The lowest BCUT2D eigenvalue weighted by Crippen LogP contribution is -2.11. The lowest BCUT2D eigenvalue weighted by molar-refractivity contribution is 0.102. The van der Waals surface area contributed by atoms with Gasteiger partial charge in [0.05, 0.1) is 6.21 Å². The number of aromatic nitrogens is 1. The number of hydrogen-bond donors (Lipinski definition) is 2. The zero-order chi connectivity index (χ0) is 24.1. The van der Waals surface area contributed by atoms with E-state index in [1.807, 2.05) is 74.4 Å². The average molecular weight is 474 g/mol. The molecule has 1 amide bonds. The Balaban J connectivity index is 1.56. The number of amides is 1. The summed E-state index contributed by atoms with van der Waals surface area (Å²) >= 11 is 1.28. The number of hydrogen-bond acceptors (Lipinski definition) is 6. The van der Waals surface area contributed by atoms with E-state index in [1.165, 1.54) is 35.6 Å². The first-order valence-electron chi connectivity index (χ1n) is 10.6. The summed E-state index contributed by atoms with van der Waals surface area (Å²) in [5, 5.41) is 8.31. The minimum Gasteiger partial charge on any atom is -0.378 e. The van der Waals surface area contributed by atoms with Crippen molar-refractivity contribution in [2.45, 2.75) is 6.92 Å². The predicted octanol–water partition coefficient (Wildman–Crippen LogP) is 6.02. The van der Waals surface area contributed by atoms with Crippen molar-refractivity contribution in [2.24, 2.45) is 5.10 Å². The Morgan fingerprint density at radius 2 is 1.68 bits per heavy atom. The van der Waals surface area contributed by atoms with E-state index in [-0.39, 0.29) is 5.91 Å². The Morgan fingerprint density at radius 3 is 2.32 bits per heavy atom. The minimum absolute atomic E-state index is 0.340. The SMILES string of the molecule is Cc1ccc(-c2nc(N/N=C/c3ccc(N(C)C)cc3)sc2NC(=O)c2ccc(F)cc2)cc1. The Hall–Kier alpha value is -4.04. The molecule has 0 radical (unpaired) electrons. The zero-order valence-corrected chi connectivity index (χ0v) is 19.9. The molecule has 8 heteroatoms. The smallest absolute Gasteiger partial charge is 0.256 e. The Kier molecular flexibility index (Phi) is 6.98. The molecule has 3 aromatic carbocycles. The average Bonchev–Trinajstić information content (AvgIpc) is 3.22. The molecule has 0 fully saturated rings. The molecule has 0 spiro atoms. The van der Waals surface area contributed by atoms with Gasteiger partial charge in [0.1, 0.15) is 16.5 Å². The highest BCUT2D eigenvalue weighted by atomic mass is 32.1. The van der Waals surface area contributed by atoms with Gasteiger partial charge in [0.2, 0.25) is 5.13 Å². The number of benzene rings is 3. The van der Waals surface area contributed by atoms with Crippen LogP contribution in [0.4, 0.5) is 20.2 Å². The van der Waals surface area contributed by atoms with Crippen LogP contribution in [0.25, 0.3) is 11.3 Å². The van der Waals surface area contributed by atoms with Crippen molar-refractivity contribution in [1.82, 2.24) is 4.98 Å². The third-order valence-electron chi connectivity index (χ3n) is 5.07. The monoisotopic (exact) mass is 473 g/mol. The summed E-state index contributed by atoms with van der Waals surface area (Å²) in [5.74, 6) is -0.733. The second-order valence-corrected chi connectivity index (χ2v) is 8.88. The van der Waals surface area contributed by atoms with Crippen LogP contribution in [0.5, 0.6) is 0 Å². The van der Waals surface area contributed by atoms with Crippen molar-refractivity contribution in [1.29, 1.82) is 0 Å². The van der Waals surface area contributed by atoms with Crippen LogP contribution >= 0.6 is 11.3 Å². The number of thiazole rings is 1. The van der Waals surface area contributed by atoms with Gasteiger partial charge in [-0.1, -0.05) is 53.3 Å². The molecule has 0 aliphatic rings. The fourth-order valence-electron chi connectivity index (χ4n) is 3.16. The van der Waals surface area contributed by atoms with Crippen LogP contribution in [-0.2, 0) is 0 Å². The molecule has 0 aliphatic heterocycles. The van der Waals surface area contributed by atoms with Crippen molar-refractivity contribution >= 4 is 39.3 Å². The van der Waals surface area contributed by atoms with Crippen molar-refractivity contribution in [2.75, 3.05) is 29.7 Å². The fourth-order valence-corrected chi connectivity index (χ4v) is 3.99.